The van der Waals surface area contributed by atoms with Gasteiger partial charge in [-0.15, -0.1) is 0 Å². The minimum Gasteiger partial charge on any atom is -0.454 e. The van der Waals surface area contributed by atoms with Crippen molar-refractivity contribution in [3.05, 3.63) is 34.9 Å². The minimum atomic E-state index is -1.26. The zero-order chi connectivity index (χ0) is 21.0. The smallest absolute Gasteiger partial charge is 0.338 e. The van der Waals surface area contributed by atoms with Crippen molar-refractivity contribution in [2.24, 2.45) is 11.8 Å². The number of nitrogens with zero attached hydrogens (tertiary/aromatic N) is 2. The predicted molar refractivity (Wildman–Crippen MR) is 99.1 cm³/mol. The van der Waals surface area contributed by atoms with Crippen molar-refractivity contribution < 1.29 is 23.9 Å². The summed E-state index contributed by atoms with van der Waals surface area (Å²) in [5, 5.41) is 16.3. The average molecular weight is 383 g/mol. The van der Waals surface area contributed by atoms with E-state index in [9.17, 15) is 19.2 Å². The molecular weight excluding hydrogens is 362 g/mol. The van der Waals surface area contributed by atoms with Gasteiger partial charge in [-0.05, 0) is 37.5 Å². The van der Waals surface area contributed by atoms with Crippen molar-refractivity contribution in [3.63, 3.8) is 0 Å². The Labute approximate surface area is 162 Å². The lowest BCUT2D eigenvalue weighted by Crippen LogP contribution is -2.31. The molecule has 1 aliphatic rings. The molecule has 0 spiro atoms. The van der Waals surface area contributed by atoms with E-state index >= 15 is 0 Å². The molecule has 0 saturated heterocycles. The number of benzene rings is 1. The molecule has 0 saturated carbocycles. The molecular formula is C20H21N3O5. The summed E-state index contributed by atoms with van der Waals surface area (Å²) in [7, 11) is 0. The lowest BCUT2D eigenvalue weighted by molar-refractivity contribution is -0.122. The number of imide groups is 1. The van der Waals surface area contributed by atoms with Crippen molar-refractivity contribution in [2.75, 3.05) is 13.2 Å². The van der Waals surface area contributed by atoms with Gasteiger partial charge in [-0.2, -0.15) is 5.26 Å². The maximum Gasteiger partial charge on any atom is 0.338 e. The molecule has 0 bridgehead atoms. The van der Waals surface area contributed by atoms with E-state index in [2.05, 4.69) is 0 Å². The van der Waals surface area contributed by atoms with Gasteiger partial charge in [-0.3, -0.25) is 19.3 Å². The van der Waals surface area contributed by atoms with Gasteiger partial charge < -0.3 is 10.1 Å². The zero-order valence-corrected chi connectivity index (χ0v) is 15.9. The first-order valence-electron chi connectivity index (χ1n) is 8.82. The number of nitrogens with one attached hydrogen (secondary N) is 1. The molecule has 1 heterocycles. The van der Waals surface area contributed by atoms with E-state index in [0.29, 0.717) is 18.9 Å². The summed E-state index contributed by atoms with van der Waals surface area (Å²) in [6.45, 7) is 4.95. The summed E-state index contributed by atoms with van der Waals surface area (Å²) in [6, 6.07) is 5.71. The number of carbonyl (C=O) groups excluding carboxylic acids is 4. The Kier molecular flexibility index (Phi) is 6.41. The number of hydrogen-bond acceptors (Lipinski definition) is 7. The summed E-state index contributed by atoms with van der Waals surface area (Å²) < 4.78 is 4.90. The standard InChI is InChI=1S/C20H21N3O5/c1-11(2)6-7-23-18(25)14-5-4-13(8-15(14)19(23)26)20(27)28-10-17(24)16(9-21)12(3)22/h4-5,8,11,16,22H,6-7,10H2,1-3H3/t16-/m0/s1. The molecule has 1 atom stereocenters. The van der Waals surface area contributed by atoms with Crippen molar-refractivity contribution in [3.8, 4) is 6.07 Å². The monoisotopic (exact) mass is 383 g/mol. The van der Waals surface area contributed by atoms with Crippen LogP contribution in [0.2, 0.25) is 0 Å². The maximum absolute atomic E-state index is 12.5. The first-order valence-corrected chi connectivity index (χ1v) is 8.82. The highest BCUT2D eigenvalue weighted by molar-refractivity contribution is 6.22. The number of carbonyl (C=O) groups is 4. The zero-order valence-electron chi connectivity index (χ0n) is 15.9. The molecule has 8 heteroatoms. The second-order valence-corrected chi connectivity index (χ2v) is 6.99. The second kappa shape index (κ2) is 8.57. The molecule has 0 fully saturated rings. The Balaban J connectivity index is 2.11. The molecule has 1 aliphatic heterocycles. The molecule has 2 amide bonds. The van der Waals surface area contributed by atoms with Crippen molar-refractivity contribution in [1.29, 1.82) is 10.7 Å². The predicted octanol–water partition coefficient (Wildman–Crippen LogP) is 2.23. The highest BCUT2D eigenvalue weighted by Gasteiger charge is 2.36. The highest BCUT2D eigenvalue weighted by atomic mass is 16.5. The minimum absolute atomic E-state index is 0.0264. The van der Waals surface area contributed by atoms with Crippen LogP contribution in [0.1, 0.15) is 58.3 Å². The highest BCUT2D eigenvalue weighted by Crippen LogP contribution is 2.25. The summed E-state index contributed by atoms with van der Waals surface area (Å²) in [6.07, 6.45) is 0.676. The number of nitriles is 1. The van der Waals surface area contributed by atoms with Gasteiger partial charge in [0, 0.05) is 12.3 Å². The number of amides is 2. The van der Waals surface area contributed by atoms with E-state index in [0.717, 1.165) is 4.90 Å². The van der Waals surface area contributed by atoms with E-state index in [1.807, 2.05) is 13.8 Å². The van der Waals surface area contributed by atoms with Crippen LogP contribution in [0.5, 0.6) is 0 Å². The van der Waals surface area contributed by atoms with Crippen molar-refractivity contribution >= 4 is 29.3 Å². The van der Waals surface area contributed by atoms with Crippen molar-refractivity contribution in [2.45, 2.75) is 27.2 Å². The number of ether oxygens (including phenoxy) is 1. The number of rotatable bonds is 8. The molecule has 1 N–H and O–H groups in total. The molecule has 0 radical (unpaired) electrons. The van der Waals surface area contributed by atoms with Gasteiger partial charge in [0.15, 0.2) is 12.4 Å². The average Bonchev–Trinajstić information content (AvgIpc) is 2.88. The fourth-order valence-corrected chi connectivity index (χ4v) is 2.72. The molecule has 0 aromatic heterocycles. The second-order valence-electron chi connectivity index (χ2n) is 6.99. The first kappa shape index (κ1) is 21.0. The lowest BCUT2D eigenvalue weighted by Gasteiger charge is -2.14. The third-order valence-electron chi connectivity index (χ3n) is 4.37. The van der Waals surface area contributed by atoms with Crippen LogP contribution >= 0.6 is 0 Å². The molecule has 0 aliphatic carbocycles. The Morgan fingerprint density at radius 1 is 1.21 bits per heavy atom. The van der Waals surface area contributed by atoms with Crippen LogP contribution < -0.4 is 0 Å². The first-order chi connectivity index (χ1) is 13.2. The Morgan fingerprint density at radius 3 is 2.43 bits per heavy atom. The van der Waals surface area contributed by atoms with Gasteiger partial charge in [-0.1, -0.05) is 13.8 Å². The quantitative estimate of drug-likeness (QED) is 0.416. The van der Waals surface area contributed by atoms with E-state index in [-0.39, 0.29) is 22.4 Å². The van der Waals surface area contributed by atoms with Crippen LogP contribution in [0.25, 0.3) is 0 Å². The van der Waals surface area contributed by atoms with Gasteiger partial charge in [0.05, 0.1) is 22.8 Å². The topological polar surface area (TPSA) is 128 Å². The fraction of sp³-hybridized carbons (Fsp3) is 0.400. The van der Waals surface area contributed by atoms with Crippen molar-refractivity contribution in [1.82, 2.24) is 4.90 Å². The molecule has 146 valence electrons. The molecule has 2 rings (SSSR count). The number of ketones is 1. The summed E-state index contributed by atoms with van der Waals surface area (Å²) >= 11 is 0. The molecule has 1 aromatic carbocycles. The van der Waals surface area contributed by atoms with Crippen LogP contribution in [0, 0.1) is 28.6 Å². The molecule has 1 aromatic rings. The molecule has 8 nitrogen and oxygen atoms in total. The Hall–Kier alpha value is -3.34. The summed E-state index contributed by atoms with van der Waals surface area (Å²) in [4.78, 5) is 50.1. The van der Waals surface area contributed by atoms with E-state index in [1.165, 1.54) is 25.1 Å². The normalized spacial score (nSPS) is 13.9. The van der Waals surface area contributed by atoms with Crippen LogP contribution in [-0.4, -0.2) is 47.3 Å². The Bertz CT molecular complexity index is 898. The molecule has 28 heavy (non-hydrogen) atoms. The van der Waals surface area contributed by atoms with E-state index in [1.54, 1.807) is 6.07 Å². The third kappa shape index (κ3) is 4.31. The van der Waals surface area contributed by atoms with E-state index < -0.39 is 36.1 Å². The number of fused-ring (bicyclic) bond motifs is 1. The van der Waals surface area contributed by atoms with Gasteiger partial charge in [0.2, 0.25) is 0 Å². The maximum atomic E-state index is 12.5. The van der Waals surface area contributed by atoms with Gasteiger partial charge in [0.1, 0.15) is 5.92 Å². The number of hydrogen-bond donors (Lipinski definition) is 1. The van der Waals surface area contributed by atoms with Gasteiger partial charge in [0.25, 0.3) is 11.8 Å². The summed E-state index contributed by atoms with van der Waals surface area (Å²) in [5.74, 6) is -3.34. The van der Waals surface area contributed by atoms with Gasteiger partial charge >= 0.3 is 5.97 Å². The summed E-state index contributed by atoms with van der Waals surface area (Å²) in [5.41, 5.74) is 0.246. The fourth-order valence-electron chi connectivity index (χ4n) is 2.72. The largest absolute Gasteiger partial charge is 0.454 e. The van der Waals surface area contributed by atoms with Crippen LogP contribution in [0.4, 0.5) is 0 Å². The SMILES string of the molecule is CC(=N)[C@H](C#N)C(=O)COC(=O)c1ccc2c(c1)C(=O)N(CCC(C)C)C2=O. The van der Waals surface area contributed by atoms with Crippen LogP contribution in [0.15, 0.2) is 18.2 Å². The van der Waals surface area contributed by atoms with Crippen LogP contribution in [-0.2, 0) is 9.53 Å². The molecule has 0 unspecified atom stereocenters. The Morgan fingerprint density at radius 2 is 1.86 bits per heavy atom. The lowest BCUT2D eigenvalue weighted by atomic mass is 10.0. The van der Waals surface area contributed by atoms with Crippen LogP contribution in [0.3, 0.4) is 0 Å². The number of esters is 1. The third-order valence-corrected chi connectivity index (χ3v) is 4.37. The van der Waals surface area contributed by atoms with E-state index in [4.69, 9.17) is 15.4 Å². The van der Waals surface area contributed by atoms with Gasteiger partial charge in [-0.25, -0.2) is 4.79 Å². The number of Topliss-reactive ketones (excluding diaryl/α,β-unsaturated/α-hetero) is 1.